The third kappa shape index (κ3) is 7.41. The van der Waals surface area contributed by atoms with Gasteiger partial charge in [-0.05, 0) is 39.8 Å². The topological polar surface area (TPSA) is 283 Å². The van der Waals surface area contributed by atoms with Gasteiger partial charge in [-0.2, -0.15) is 0 Å². The molecule has 0 aromatic rings. The summed E-state index contributed by atoms with van der Waals surface area (Å²) in [6, 6.07) is -3.36. The minimum atomic E-state index is -1.51. The zero-order valence-corrected chi connectivity index (χ0v) is 22.3. The average molecular weight is 567 g/mol. The second-order valence-corrected chi connectivity index (χ2v) is 10.6. The summed E-state index contributed by atoms with van der Waals surface area (Å²) in [6.07, 6.45) is -12.3. The summed E-state index contributed by atoms with van der Waals surface area (Å²) in [4.78, 5) is 12.6. The summed E-state index contributed by atoms with van der Waals surface area (Å²) in [7, 11) is 1.69. The molecule has 3 rings (SSSR count). The summed E-state index contributed by atoms with van der Waals surface area (Å²) in [5, 5.41) is 58.5. The predicted molar refractivity (Wildman–Crippen MR) is 135 cm³/mol. The molecule has 16 nitrogen and oxygen atoms in total. The molecule has 0 aromatic carbocycles. The number of ether oxygens (including phenoxy) is 4. The van der Waals surface area contributed by atoms with Crippen LogP contribution in [0.25, 0.3) is 0 Å². The maximum Gasteiger partial charge on any atom is 0.249 e. The number of hydrogen-bond donors (Lipinski definition) is 11. The largest absolute Gasteiger partial charge is 0.388 e. The molecule has 15 unspecified atom stereocenters. The molecule has 0 radical (unpaired) electrons. The molecule has 3 fully saturated rings. The molecule has 16 heteroatoms. The zero-order chi connectivity index (χ0) is 29.0. The molecule has 2 aliphatic heterocycles. The number of nitrogens with two attached hydrogens (primary N) is 4. The van der Waals surface area contributed by atoms with Crippen molar-refractivity contribution in [3.05, 3.63) is 0 Å². The molecule has 39 heavy (non-hydrogen) atoms. The molecule has 0 aromatic heterocycles. The van der Waals surface area contributed by atoms with Gasteiger partial charge in [0.1, 0.15) is 48.8 Å². The van der Waals surface area contributed by atoms with E-state index in [4.69, 9.17) is 41.9 Å². The first-order valence-electron chi connectivity index (χ1n) is 13.3. The molecule has 0 bridgehead atoms. The van der Waals surface area contributed by atoms with Crippen LogP contribution in [0.4, 0.5) is 0 Å². The zero-order valence-electron chi connectivity index (χ0n) is 22.3. The van der Waals surface area contributed by atoms with Crippen molar-refractivity contribution in [2.75, 3.05) is 20.1 Å². The van der Waals surface area contributed by atoms with Gasteiger partial charge in [-0.3, -0.25) is 4.79 Å². The van der Waals surface area contributed by atoms with E-state index in [9.17, 15) is 30.3 Å². The summed E-state index contributed by atoms with van der Waals surface area (Å²) in [6.45, 7) is 1.76. The van der Waals surface area contributed by atoms with E-state index >= 15 is 0 Å². The van der Waals surface area contributed by atoms with E-state index in [-0.39, 0.29) is 38.1 Å². The van der Waals surface area contributed by atoms with Crippen LogP contribution in [0.5, 0.6) is 0 Å². The number of carbonyl (C=O) groups excluding carboxylic acids is 1. The van der Waals surface area contributed by atoms with Gasteiger partial charge in [-0.25, -0.2) is 0 Å². The van der Waals surface area contributed by atoms with E-state index in [1.54, 1.807) is 7.05 Å². The van der Waals surface area contributed by atoms with Gasteiger partial charge in [0, 0.05) is 18.6 Å². The monoisotopic (exact) mass is 566 g/mol. The van der Waals surface area contributed by atoms with E-state index in [0.29, 0.717) is 6.42 Å². The van der Waals surface area contributed by atoms with Gasteiger partial charge >= 0.3 is 0 Å². The van der Waals surface area contributed by atoms with Gasteiger partial charge in [0.25, 0.3) is 0 Å². The first-order valence-corrected chi connectivity index (χ1v) is 13.3. The number of hydrogen-bond acceptors (Lipinski definition) is 15. The van der Waals surface area contributed by atoms with Crippen molar-refractivity contribution >= 4 is 5.91 Å². The SMILES string of the molecule is CNC1CC(C)OC(OC2C(NC(=O)C(O)CCN)CC(N)C(OC3OC(CN)C(O)C(O)C3N)C2O)C1O. The van der Waals surface area contributed by atoms with Crippen molar-refractivity contribution in [3.63, 3.8) is 0 Å². The Kier molecular flexibility index (Phi) is 11.8. The highest BCUT2D eigenvalue weighted by Gasteiger charge is 2.51. The van der Waals surface area contributed by atoms with Crippen LogP contribution in [0.1, 0.15) is 26.2 Å². The van der Waals surface area contributed by atoms with Crippen molar-refractivity contribution in [2.24, 2.45) is 22.9 Å². The van der Waals surface area contributed by atoms with E-state index in [1.165, 1.54) is 0 Å². The van der Waals surface area contributed by atoms with Crippen LogP contribution < -0.4 is 33.6 Å². The van der Waals surface area contributed by atoms with Gasteiger partial charge in [-0.15, -0.1) is 0 Å². The highest BCUT2D eigenvalue weighted by atomic mass is 16.7. The van der Waals surface area contributed by atoms with E-state index in [1.807, 2.05) is 6.92 Å². The second kappa shape index (κ2) is 14.2. The van der Waals surface area contributed by atoms with Crippen LogP contribution in [0.2, 0.25) is 0 Å². The molecule has 1 saturated carbocycles. The molecule has 2 saturated heterocycles. The third-order valence-electron chi connectivity index (χ3n) is 7.67. The van der Waals surface area contributed by atoms with Gasteiger partial charge in [-0.1, -0.05) is 0 Å². The van der Waals surface area contributed by atoms with Crippen LogP contribution in [-0.4, -0.2) is 143 Å². The molecule has 0 spiro atoms. The third-order valence-corrected chi connectivity index (χ3v) is 7.67. The number of aliphatic hydroxyl groups excluding tert-OH is 5. The lowest BCUT2D eigenvalue weighted by atomic mass is 9.83. The first-order chi connectivity index (χ1) is 18.4. The molecular formula is C23H46N6O10. The Bertz CT molecular complexity index is 786. The Morgan fingerprint density at radius 2 is 1.62 bits per heavy atom. The van der Waals surface area contributed by atoms with Crippen LogP contribution in [0.3, 0.4) is 0 Å². The molecule has 228 valence electrons. The standard InChI is InChI=1S/C23H46N6O10/c1-8-5-10(28-2)15(31)23(36-8)39-20-11(29-21(35)12(30)3-4-24)6-9(26)19(18(20)34)38-22-14(27)17(33)16(32)13(7-25)37-22/h8-20,22-23,28,30-34H,3-7,24-27H2,1-2H3,(H,29,35). The molecule has 15 atom stereocenters. The average Bonchev–Trinajstić information content (AvgIpc) is 2.90. The van der Waals surface area contributed by atoms with Crippen molar-refractivity contribution in [1.29, 1.82) is 0 Å². The minimum Gasteiger partial charge on any atom is -0.388 e. The molecule has 3 aliphatic rings. The van der Waals surface area contributed by atoms with Crippen molar-refractivity contribution in [2.45, 2.75) is 118 Å². The Hall–Kier alpha value is -1.09. The predicted octanol–water partition coefficient (Wildman–Crippen LogP) is -6.14. The minimum absolute atomic E-state index is 0.0175. The highest BCUT2D eigenvalue weighted by molar-refractivity contribution is 5.80. The highest BCUT2D eigenvalue weighted by Crippen LogP contribution is 2.31. The van der Waals surface area contributed by atoms with Crippen LogP contribution in [-0.2, 0) is 23.7 Å². The Morgan fingerprint density at radius 1 is 0.949 bits per heavy atom. The van der Waals surface area contributed by atoms with Crippen LogP contribution >= 0.6 is 0 Å². The van der Waals surface area contributed by atoms with E-state index in [2.05, 4.69) is 10.6 Å². The fraction of sp³-hybridized carbons (Fsp3) is 0.957. The lowest BCUT2D eigenvalue weighted by Crippen LogP contribution is -2.69. The number of likely N-dealkylation sites (N-methyl/N-ethyl adjacent to an activating group) is 1. The van der Waals surface area contributed by atoms with Crippen molar-refractivity contribution in [3.8, 4) is 0 Å². The second-order valence-electron chi connectivity index (χ2n) is 10.6. The van der Waals surface area contributed by atoms with Crippen molar-refractivity contribution < 1.29 is 49.3 Å². The van der Waals surface area contributed by atoms with Crippen molar-refractivity contribution in [1.82, 2.24) is 10.6 Å². The summed E-state index contributed by atoms with van der Waals surface area (Å²) in [5.74, 6) is -0.732. The lowest BCUT2D eigenvalue weighted by Gasteiger charge is -2.48. The molecular weight excluding hydrogens is 520 g/mol. The summed E-state index contributed by atoms with van der Waals surface area (Å²) >= 11 is 0. The van der Waals surface area contributed by atoms with Crippen LogP contribution in [0, 0.1) is 0 Å². The number of rotatable bonds is 10. The number of nitrogens with one attached hydrogen (secondary N) is 2. The normalized spacial score (nSPS) is 46.0. The lowest BCUT2D eigenvalue weighted by molar-refractivity contribution is -0.309. The molecule has 15 N–H and O–H groups in total. The smallest absolute Gasteiger partial charge is 0.249 e. The first kappa shape index (κ1) is 32.4. The number of carbonyl (C=O) groups is 1. The Balaban J connectivity index is 1.83. The fourth-order valence-electron chi connectivity index (χ4n) is 5.34. The quantitative estimate of drug-likeness (QED) is 0.117. The van der Waals surface area contributed by atoms with Gasteiger partial charge < -0.3 is 78.0 Å². The number of amides is 1. The molecule has 1 amide bonds. The molecule has 2 heterocycles. The summed E-state index contributed by atoms with van der Waals surface area (Å²) in [5.41, 5.74) is 23.5. The van der Waals surface area contributed by atoms with Crippen LogP contribution in [0.15, 0.2) is 0 Å². The maximum absolute atomic E-state index is 12.6. The molecule has 1 aliphatic carbocycles. The maximum atomic E-state index is 12.6. The Morgan fingerprint density at radius 3 is 2.23 bits per heavy atom. The van der Waals surface area contributed by atoms with E-state index < -0.39 is 85.4 Å². The fourth-order valence-corrected chi connectivity index (χ4v) is 5.34. The summed E-state index contributed by atoms with van der Waals surface area (Å²) < 4.78 is 23.5. The van der Waals surface area contributed by atoms with Gasteiger partial charge in [0.15, 0.2) is 12.6 Å². The Labute approximate surface area is 227 Å². The van der Waals surface area contributed by atoms with Gasteiger partial charge in [0.05, 0.1) is 18.2 Å². The van der Waals surface area contributed by atoms with Gasteiger partial charge in [0.2, 0.25) is 5.91 Å². The van der Waals surface area contributed by atoms with E-state index in [0.717, 1.165) is 0 Å². The number of aliphatic hydroxyl groups is 5.